The third-order valence-electron chi connectivity index (χ3n) is 8.02. The van der Waals surface area contributed by atoms with Gasteiger partial charge in [-0.3, -0.25) is 4.79 Å². The Bertz CT molecular complexity index is 666. The van der Waals surface area contributed by atoms with Crippen LogP contribution in [0.3, 0.4) is 0 Å². The number of ketones is 1. The Morgan fingerprint density at radius 2 is 1.91 bits per heavy atom. The second-order valence-electron chi connectivity index (χ2n) is 8.91. The van der Waals surface area contributed by atoms with Crippen molar-refractivity contribution in [1.82, 2.24) is 0 Å². The van der Waals surface area contributed by atoms with E-state index in [0.717, 1.165) is 12.8 Å². The summed E-state index contributed by atoms with van der Waals surface area (Å²) in [6, 6.07) is 2.61. The standard InChI is InChI=1S/C21H27NO/c1-13-10-15-11-16(23)6-8-21(15,3)18-7-9-20(2)14(12-22)4-5-17(20)19(13)18/h10-11,14,17-19H,4-9H2,1-3H3/t14-,17?,18?,19?,20-,21+/m1/s1. The van der Waals surface area contributed by atoms with Crippen LogP contribution in [0, 0.1) is 45.8 Å². The Balaban J connectivity index is 1.80. The van der Waals surface area contributed by atoms with Gasteiger partial charge in [0.1, 0.15) is 0 Å². The summed E-state index contributed by atoms with van der Waals surface area (Å²) >= 11 is 0. The molecule has 0 heterocycles. The fraction of sp³-hybridized carbons (Fsp3) is 0.714. The SMILES string of the molecule is CC1=CC2=CC(=O)CC[C@]2(C)C2CC[C@@]3(C)C(CC[C@@H]3C#N)C12. The first-order valence-electron chi connectivity index (χ1n) is 9.23. The molecule has 122 valence electrons. The van der Waals surface area contributed by atoms with Crippen LogP contribution in [-0.4, -0.2) is 5.78 Å². The summed E-state index contributed by atoms with van der Waals surface area (Å²) in [5.41, 5.74) is 3.12. The Hall–Kier alpha value is -1.36. The largest absolute Gasteiger partial charge is 0.295 e. The van der Waals surface area contributed by atoms with Gasteiger partial charge in [0.15, 0.2) is 5.78 Å². The summed E-state index contributed by atoms with van der Waals surface area (Å²) in [4.78, 5) is 11.9. The molecule has 2 heteroatoms. The molecule has 23 heavy (non-hydrogen) atoms. The van der Waals surface area contributed by atoms with Crippen molar-refractivity contribution < 1.29 is 4.79 Å². The van der Waals surface area contributed by atoms with E-state index in [9.17, 15) is 10.1 Å². The van der Waals surface area contributed by atoms with E-state index in [1.54, 1.807) is 0 Å². The molecule has 0 bridgehead atoms. The molecule has 4 aliphatic carbocycles. The molecule has 0 radical (unpaired) electrons. The third-order valence-corrected chi connectivity index (χ3v) is 8.02. The summed E-state index contributed by atoms with van der Waals surface area (Å²) in [6.07, 6.45) is 10.6. The van der Waals surface area contributed by atoms with Crippen molar-refractivity contribution in [3.05, 3.63) is 23.3 Å². The highest BCUT2D eigenvalue weighted by molar-refractivity contribution is 5.92. The van der Waals surface area contributed by atoms with Crippen molar-refractivity contribution in [2.75, 3.05) is 0 Å². The average Bonchev–Trinajstić information content (AvgIpc) is 2.85. The van der Waals surface area contributed by atoms with Crippen LogP contribution in [0.5, 0.6) is 0 Å². The zero-order valence-corrected chi connectivity index (χ0v) is 14.6. The van der Waals surface area contributed by atoms with Crippen LogP contribution in [0.25, 0.3) is 0 Å². The quantitative estimate of drug-likeness (QED) is 0.643. The van der Waals surface area contributed by atoms with Gasteiger partial charge >= 0.3 is 0 Å². The van der Waals surface area contributed by atoms with Crippen LogP contribution in [0.15, 0.2) is 23.3 Å². The molecule has 3 unspecified atom stereocenters. The number of allylic oxidation sites excluding steroid dienone is 4. The Morgan fingerprint density at radius 1 is 1.13 bits per heavy atom. The first-order valence-corrected chi connectivity index (χ1v) is 9.23. The van der Waals surface area contributed by atoms with Crippen molar-refractivity contribution in [3.63, 3.8) is 0 Å². The van der Waals surface area contributed by atoms with Crippen LogP contribution in [-0.2, 0) is 4.79 Å². The second kappa shape index (κ2) is 4.82. The van der Waals surface area contributed by atoms with Gasteiger partial charge in [-0.2, -0.15) is 5.26 Å². The number of fused-ring (bicyclic) bond motifs is 5. The summed E-state index contributed by atoms with van der Waals surface area (Å²) < 4.78 is 0. The molecular formula is C21H27NO. The topological polar surface area (TPSA) is 40.9 Å². The van der Waals surface area contributed by atoms with Crippen LogP contribution >= 0.6 is 0 Å². The van der Waals surface area contributed by atoms with Crippen molar-refractivity contribution in [2.24, 2.45) is 34.5 Å². The van der Waals surface area contributed by atoms with Crippen LogP contribution in [0.1, 0.15) is 59.3 Å². The highest BCUT2D eigenvalue weighted by atomic mass is 16.1. The molecule has 4 rings (SSSR count). The van der Waals surface area contributed by atoms with E-state index in [1.165, 1.54) is 30.4 Å². The number of carbonyl (C=O) groups is 1. The highest BCUT2D eigenvalue weighted by Gasteiger charge is 2.59. The second-order valence-corrected chi connectivity index (χ2v) is 8.91. The van der Waals surface area contributed by atoms with Crippen molar-refractivity contribution in [1.29, 1.82) is 5.26 Å². The molecule has 4 aliphatic rings. The zero-order valence-electron chi connectivity index (χ0n) is 14.6. The molecule has 0 amide bonds. The molecule has 6 atom stereocenters. The predicted molar refractivity (Wildman–Crippen MR) is 90.3 cm³/mol. The summed E-state index contributed by atoms with van der Waals surface area (Å²) in [7, 11) is 0. The van der Waals surface area contributed by atoms with Crippen LogP contribution < -0.4 is 0 Å². The van der Waals surface area contributed by atoms with Gasteiger partial charge in [-0.05, 0) is 79.3 Å². The van der Waals surface area contributed by atoms with Gasteiger partial charge in [0.25, 0.3) is 0 Å². The van der Waals surface area contributed by atoms with Gasteiger partial charge in [0.2, 0.25) is 0 Å². The monoisotopic (exact) mass is 309 g/mol. The van der Waals surface area contributed by atoms with Crippen LogP contribution in [0.2, 0.25) is 0 Å². The van der Waals surface area contributed by atoms with Gasteiger partial charge in [-0.25, -0.2) is 0 Å². The van der Waals surface area contributed by atoms with Crippen LogP contribution in [0.4, 0.5) is 0 Å². The molecule has 0 spiro atoms. The fourth-order valence-electron chi connectivity index (χ4n) is 6.59. The summed E-state index contributed by atoms with van der Waals surface area (Å²) in [6.45, 7) is 7.04. The normalized spacial score (nSPS) is 48.5. The van der Waals surface area contributed by atoms with Gasteiger partial charge in [0, 0.05) is 6.42 Å². The van der Waals surface area contributed by atoms with Gasteiger partial charge < -0.3 is 0 Å². The van der Waals surface area contributed by atoms with Gasteiger partial charge in [-0.1, -0.05) is 25.5 Å². The number of nitrogens with zero attached hydrogens (tertiary/aromatic N) is 1. The molecule has 0 saturated heterocycles. The third kappa shape index (κ3) is 1.89. The van der Waals surface area contributed by atoms with Crippen molar-refractivity contribution in [2.45, 2.75) is 59.3 Å². The Labute approximate surface area is 139 Å². The van der Waals surface area contributed by atoms with Gasteiger partial charge in [0.05, 0.1) is 12.0 Å². The maximum atomic E-state index is 11.9. The lowest BCUT2D eigenvalue weighted by Crippen LogP contribution is -2.50. The first-order chi connectivity index (χ1) is 10.9. The summed E-state index contributed by atoms with van der Waals surface area (Å²) in [5.74, 6) is 2.45. The number of nitriles is 1. The Morgan fingerprint density at radius 3 is 2.65 bits per heavy atom. The Kier molecular flexibility index (Phi) is 3.18. The van der Waals surface area contributed by atoms with Crippen molar-refractivity contribution in [3.8, 4) is 6.07 Å². The molecular weight excluding hydrogens is 282 g/mol. The number of carbonyl (C=O) groups excluding carboxylic acids is 1. The van der Waals surface area contributed by atoms with E-state index < -0.39 is 0 Å². The highest BCUT2D eigenvalue weighted by Crippen LogP contribution is 2.66. The molecule has 0 aromatic rings. The van der Waals surface area contributed by atoms with E-state index in [1.807, 2.05) is 6.08 Å². The fourth-order valence-corrected chi connectivity index (χ4v) is 6.59. The maximum absolute atomic E-state index is 11.9. The predicted octanol–water partition coefficient (Wildman–Crippen LogP) is 4.82. The van der Waals surface area contributed by atoms with E-state index in [-0.39, 0.29) is 16.7 Å². The lowest BCUT2D eigenvalue weighted by Gasteiger charge is -2.57. The van der Waals surface area contributed by atoms with Gasteiger partial charge in [-0.15, -0.1) is 0 Å². The molecule has 2 saturated carbocycles. The van der Waals surface area contributed by atoms with Crippen molar-refractivity contribution >= 4 is 5.78 Å². The number of hydrogen-bond donors (Lipinski definition) is 0. The van der Waals surface area contributed by atoms with E-state index >= 15 is 0 Å². The average molecular weight is 309 g/mol. The minimum Gasteiger partial charge on any atom is -0.295 e. The molecule has 0 N–H and O–H groups in total. The maximum Gasteiger partial charge on any atom is 0.156 e. The van der Waals surface area contributed by atoms with E-state index in [4.69, 9.17) is 0 Å². The minimum absolute atomic E-state index is 0.171. The molecule has 0 aromatic heterocycles. The number of hydrogen-bond acceptors (Lipinski definition) is 2. The van der Waals surface area contributed by atoms with E-state index in [0.29, 0.717) is 30.0 Å². The number of rotatable bonds is 0. The molecule has 2 fully saturated rings. The minimum atomic E-state index is 0.171. The smallest absolute Gasteiger partial charge is 0.156 e. The lowest BCUT2D eigenvalue weighted by atomic mass is 9.47. The molecule has 2 nitrogen and oxygen atoms in total. The first kappa shape index (κ1) is 15.2. The molecule has 0 aromatic carbocycles. The summed E-state index contributed by atoms with van der Waals surface area (Å²) in [5, 5.41) is 9.59. The van der Waals surface area contributed by atoms with E-state index in [2.05, 4.69) is 32.9 Å². The lowest BCUT2D eigenvalue weighted by molar-refractivity contribution is -0.116. The molecule has 0 aliphatic heterocycles. The zero-order chi connectivity index (χ0) is 16.4.